The van der Waals surface area contributed by atoms with Gasteiger partial charge in [-0.25, -0.2) is 17.6 Å². The van der Waals surface area contributed by atoms with Crippen LogP contribution in [0.25, 0.3) is 0 Å². The third-order valence-electron chi connectivity index (χ3n) is 2.34. The Balaban J connectivity index is 0.000000331. The molecule has 1 heterocycles. The van der Waals surface area contributed by atoms with E-state index < -0.39 is 10.1 Å². The summed E-state index contributed by atoms with van der Waals surface area (Å²) in [6, 6.07) is 0. The molecule has 0 saturated heterocycles. The molecule has 0 fully saturated rings. The highest BCUT2D eigenvalue weighted by Crippen LogP contribution is 1.92. The minimum Gasteiger partial charge on any atom is -0.748 e. The van der Waals surface area contributed by atoms with Gasteiger partial charge in [-0.1, -0.05) is 26.7 Å². The monoisotopic (exact) mass is 276 g/mol. The number of hydrogen-bond donors (Lipinski definition) is 0. The molecule has 0 spiro atoms. The van der Waals surface area contributed by atoms with E-state index in [2.05, 4.69) is 34.8 Å². The van der Waals surface area contributed by atoms with E-state index in [0.29, 0.717) is 6.42 Å². The predicted molar refractivity (Wildman–Crippen MR) is 70.0 cm³/mol. The molecular formula is C12H24N2O3S. The maximum atomic E-state index is 9.83. The van der Waals surface area contributed by atoms with E-state index in [0.717, 1.165) is 13.0 Å². The van der Waals surface area contributed by atoms with Crippen molar-refractivity contribution in [3.63, 3.8) is 0 Å². The molecule has 0 amide bonds. The lowest BCUT2D eigenvalue weighted by atomic mass is 10.3. The zero-order chi connectivity index (χ0) is 14.0. The van der Waals surface area contributed by atoms with E-state index in [9.17, 15) is 13.0 Å². The summed E-state index contributed by atoms with van der Waals surface area (Å²) >= 11 is 0. The van der Waals surface area contributed by atoms with Gasteiger partial charge in [0.2, 0.25) is 6.33 Å². The lowest BCUT2D eigenvalue weighted by molar-refractivity contribution is -0.671. The Hall–Kier alpha value is -0.880. The van der Waals surface area contributed by atoms with Gasteiger partial charge in [0.25, 0.3) is 0 Å². The van der Waals surface area contributed by atoms with Crippen LogP contribution in [0.2, 0.25) is 0 Å². The number of rotatable bonds is 6. The van der Waals surface area contributed by atoms with Gasteiger partial charge in [0.15, 0.2) is 0 Å². The SMILES string of the molecule is CCCCS(=O)(=O)[O-].CCCCn1cc[n+](C)c1. The van der Waals surface area contributed by atoms with Crippen LogP contribution in [-0.2, 0) is 23.7 Å². The first-order valence-electron chi connectivity index (χ1n) is 6.33. The summed E-state index contributed by atoms with van der Waals surface area (Å²) in [6.45, 7) is 5.20. The first-order chi connectivity index (χ1) is 8.39. The van der Waals surface area contributed by atoms with Crippen LogP contribution in [-0.4, -0.2) is 23.3 Å². The van der Waals surface area contributed by atoms with Gasteiger partial charge >= 0.3 is 0 Å². The largest absolute Gasteiger partial charge is 0.748 e. The predicted octanol–water partition coefficient (Wildman–Crippen LogP) is 1.44. The molecule has 0 aliphatic rings. The molecule has 0 saturated carbocycles. The fraction of sp³-hybridized carbons (Fsp3) is 0.750. The summed E-state index contributed by atoms with van der Waals surface area (Å²) in [5, 5.41) is 0. The molecule has 0 aliphatic heterocycles. The van der Waals surface area contributed by atoms with E-state index in [1.165, 1.54) is 12.8 Å². The maximum absolute atomic E-state index is 9.83. The molecule has 106 valence electrons. The van der Waals surface area contributed by atoms with Gasteiger partial charge in [0, 0.05) is 5.75 Å². The number of nitrogens with zero attached hydrogens (tertiary/aromatic N) is 2. The summed E-state index contributed by atoms with van der Waals surface area (Å²) in [5.74, 6) is -0.219. The molecule has 1 aromatic rings. The van der Waals surface area contributed by atoms with Crippen molar-refractivity contribution < 1.29 is 17.5 Å². The summed E-state index contributed by atoms with van der Waals surface area (Å²) in [7, 11) is -1.89. The lowest BCUT2D eigenvalue weighted by Crippen LogP contribution is -2.23. The summed E-state index contributed by atoms with van der Waals surface area (Å²) < 4.78 is 33.8. The molecule has 0 atom stereocenters. The molecule has 1 rings (SSSR count). The van der Waals surface area contributed by atoms with Crippen molar-refractivity contribution in [1.82, 2.24) is 4.57 Å². The molecular weight excluding hydrogens is 252 g/mol. The first kappa shape index (κ1) is 17.1. The summed E-state index contributed by atoms with van der Waals surface area (Å²) in [5.41, 5.74) is 0. The zero-order valence-electron chi connectivity index (χ0n) is 11.5. The molecule has 1 aromatic heterocycles. The zero-order valence-corrected chi connectivity index (χ0v) is 12.3. The Morgan fingerprint density at radius 3 is 2.17 bits per heavy atom. The highest BCUT2D eigenvalue weighted by Gasteiger charge is 1.96. The average molecular weight is 276 g/mol. The molecule has 18 heavy (non-hydrogen) atoms. The molecule has 0 aromatic carbocycles. The highest BCUT2D eigenvalue weighted by molar-refractivity contribution is 7.85. The molecule has 0 unspecified atom stereocenters. The van der Waals surface area contributed by atoms with E-state index in [4.69, 9.17) is 0 Å². The first-order valence-corrected chi connectivity index (χ1v) is 7.91. The average Bonchev–Trinajstić information content (AvgIpc) is 2.69. The number of imidazole rings is 1. The smallest absolute Gasteiger partial charge is 0.243 e. The van der Waals surface area contributed by atoms with E-state index in [-0.39, 0.29) is 5.75 Å². The second kappa shape index (κ2) is 9.10. The minimum atomic E-state index is -3.94. The van der Waals surface area contributed by atoms with Crippen LogP contribution in [0.3, 0.4) is 0 Å². The van der Waals surface area contributed by atoms with Crippen LogP contribution in [0, 0.1) is 0 Å². The Morgan fingerprint density at radius 1 is 1.22 bits per heavy atom. The number of unbranched alkanes of at least 4 members (excludes halogenated alkanes) is 2. The number of aryl methyl sites for hydroxylation is 2. The summed E-state index contributed by atoms with van der Waals surface area (Å²) in [6.07, 6.45) is 10.0. The second-order valence-corrected chi connectivity index (χ2v) is 5.81. The molecule has 6 heteroatoms. The van der Waals surface area contributed by atoms with E-state index in [1.54, 1.807) is 0 Å². The third kappa shape index (κ3) is 10.3. The van der Waals surface area contributed by atoms with Crippen molar-refractivity contribution in [2.75, 3.05) is 5.75 Å². The molecule has 0 aliphatic carbocycles. The lowest BCUT2D eigenvalue weighted by Gasteiger charge is -2.02. The topological polar surface area (TPSA) is 66.0 Å². The van der Waals surface area contributed by atoms with Gasteiger partial charge in [0.05, 0.1) is 23.7 Å². The van der Waals surface area contributed by atoms with Gasteiger partial charge in [0.1, 0.15) is 12.4 Å². The Kier molecular flexibility index (Phi) is 8.66. The summed E-state index contributed by atoms with van der Waals surface area (Å²) in [4.78, 5) is 0. The second-order valence-electron chi connectivity index (χ2n) is 4.29. The van der Waals surface area contributed by atoms with Crippen LogP contribution in [0.1, 0.15) is 39.5 Å². The van der Waals surface area contributed by atoms with Gasteiger partial charge in [-0.15, -0.1) is 0 Å². The Labute approximate surface area is 110 Å². The fourth-order valence-corrected chi connectivity index (χ4v) is 1.94. The molecule has 0 radical (unpaired) electrons. The van der Waals surface area contributed by atoms with Crippen LogP contribution in [0.5, 0.6) is 0 Å². The van der Waals surface area contributed by atoms with Crippen LogP contribution < -0.4 is 4.57 Å². The minimum absolute atomic E-state index is 0.219. The molecule has 0 bridgehead atoms. The standard InChI is InChI=1S/C8H15N2.C4H10O3S/c1-3-4-5-10-7-6-9(2)8-10;1-2-3-4-8(5,6)7/h6-8H,3-5H2,1-2H3;2-4H2,1H3,(H,5,6,7)/q+1;/p-1. The van der Waals surface area contributed by atoms with Crippen molar-refractivity contribution in [3.8, 4) is 0 Å². The van der Waals surface area contributed by atoms with Crippen molar-refractivity contribution in [3.05, 3.63) is 18.7 Å². The van der Waals surface area contributed by atoms with Crippen molar-refractivity contribution in [2.24, 2.45) is 7.05 Å². The van der Waals surface area contributed by atoms with Gasteiger partial charge in [-0.3, -0.25) is 0 Å². The van der Waals surface area contributed by atoms with Crippen LogP contribution in [0.4, 0.5) is 0 Å². The van der Waals surface area contributed by atoms with E-state index in [1.807, 2.05) is 14.0 Å². The third-order valence-corrected chi connectivity index (χ3v) is 3.13. The van der Waals surface area contributed by atoms with Gasteiger partial charge < -0.3 is 4.55 Å². The van der Waals surface area contributed by atoms with Crippen LogP contribution in [0.15, 0.2) is 18.7 Å². The van der Waals surface area contributed by atoms with Crippen LogP contribution >= 0.6 is 0 Å². The fourth-order valence-electron chi connectivity index (χ4n) is 1.30. The van der Waals surface area contributed by atoms with Crippen molar-refractivity contribution in [1.29, 1.82) is 0 Å². The van der Waals surface area contributed by atoms with Crippen molar-refractivity contribution >= 4 is 10.1 Å². The quantitative estimate of drug-likeness (QED) is 0.583. The highest BCUT2D eigenvalue weighted by atomic mass is 32.2. The Bertz CT molecular complexity index is 413. The van der Waals surface area contributed by atoms with Gasteiger partial charge in [-0.2, -0.15) is 0 Å². The van der Waals surface area contributed by atoms with Gasteiger partial charge in [-0.05, 0) is 12.8 Å². The maximum Gasteiger partial charge on any atom is 0.243 e. The molecule has 5 nitrogen and oxygen atoms in total. The molecule has 0 N–H and O–H groups in total. The number of aromatic nitrogens is 2. The Morgan fingerprint density at radius 2 is 1.83 bits per heavy atom. The number of hydrogen-bond acceptors (Lipinski definition) is 3. The normalized spacial score (nSPS) is 10.9. The van der Waals surface area contributed by atoms with E-state index >= 15 is 0 Å². The van der Waals surface area contributed by atoms with Crippen molar-refractivity contribution in [2.45, 2.75) is 46.1 Å².